The molecular weight excluding hydrogens is 397 g/mol. The normalized spacial score (nSPS) is 16.0. The van der Waals surface area contributed by atoms with Gasteiger partial charge in [-0.05, 0) is 35.9 Å². The lowest BCUT2D eigenvalue weighted by Crippen LogP contribution is -2.22. The SMILES string of the molecule is CN1C(=O)/C(=C/c2ccc(OCc3ccc(Cl)cc3Cl)cc2)SC1=S. The van der Waals surface area contributed by atoms with Crippen molar-refractivity contribution in [1.29, 1.82) is 0 Å². The summed E-state index contributed by atoms with van der Waals surface area (Å²) in [6, 6.07) is 12.8. The first kappa shape index (κ1) is 18.3. The highest BCUT2D eigenvalue weighted by Gasteiger charge is 2.28. The van der Waals surface area contributed by atoms with Gasteiger partial charge in [0.1, 0.15) is 16.7 Å². The topological polar surface area (TPSA) is 29.5 Å². The summed E-state index contributed by atoms with van der Waals surface area (Å²) in [5.41, 5.74) is 1.77. The van der Waals surface area contributed by atoms with Crippen LogP contribution in [0.25, 0.3) is 6.08 Å². The molecule has 2 aromatic rings. The van der Waals surface area contributed by atoms with E-state index in [0.717, 1.165) is 11.1 Å². The molecule has 3 nitrogen and oxygen atoms in total. The fourth-order valence-electron chi connectivity index (χ4n) is 2.16. The summed E-state index contributed by atoms with van der Waals surface area (Å²) < 4.78 is 6.31. The van der Waals surface area contributed by atoms with Crippen molar-refractivity contribution in [2.45, 2.75) is 6.61 Å². The minimum absolute atomic E-state index is 0.0762. The summed E-state index contributed by atoms with van der Waals surface area (Å²) in [4.78, 5) is 14.1. The summed E-state index contributed by atoms with van der Waals surface area (Å²) in [5.74, 6) is 0.638. The summed E-state index contributed by atoms with van der Waals surface area (Å²) >= 11 is 18.4. The lowest BCUT2D eigenvalue weighted by atomic mass is 10.2. The number of thioether (sulfide) groups is 1. The van der Waals surface area contributed by atoms with Crippen LogP contribution in [0.5, 0.6) is 5.75 Å². The van der Waals surface area contributed by atoms with Crippen molar-refractivity contribution < 1.29 is 9.53 Å². The van der Waals surface area contributed by atoms with Gasteiger partial charge in [-0.1, -0.05) is 65.4 Å². The Kier molecular flexibility index (Phi) is 5.69. The first-order chi connectivity index (χ1) is 11.9. The zero-order valence-electron chi connectivity index (χ0n) is 13.2. The average molecular weight is 410 g/mol. The Morgan fingerprint density at radius 1 is 1.20 bits per heavy atom. The Hall–Kier alpha value is -1.53. The van der Waals surface area contributed by atoms with E-state index in [9.17, 15) is 4.79 Å². The lowest BCUT2D eigenvalue weighted by Gasteiger charge is -2.08. The molecule has 0 spiro atoms. The van der Waals surface area contributed by atoms with Gasteiger partial charge < -0.3 is 4.74 Å². The second-order valence-electron chi connectivity index (χ2n) is 5.33. The molecule has 0 atom stereocenters. The van der Waals surface area contributed by atoms with Crippen LogP contribution in [0.4, 0.5) is 0 Å². The van der Waals surface area contributed by atoms with Crippen molar-refractivity contribution in [2.75, 3.05) is 7.05 Å². The number of benzene rings is 2. The maximum atomic E-state index is 12.0. The Balaban J connectivity index is 1.66. The maximum absolute atomic E-state index is 12.0. The van der Waals surface area contributed by atoms with Crippen LogP contribution in [0.1, 0.15) is 11.1 Å². The molecule has 25 heavy (non-hydrogen) atoms. The zero-order chi connectivity index (χ0) is 18.0. The number of rotatable bonds is 4. The molecule has 0 aromatic heterocycles. The first-order valence-electron chi connectivity index (χ1n) is 7.32. The minimum atomic E-state index is -0.0762. The van der Waals surface area contributed by atoms with E-state index in [1.54, 1.807) is 19.2 Å². The molecule has 2 aromatic carbocycles. The fraction of sp³-hybridized carbons (Fsp3) is 0.111. The molecule has 1 fully saturated rings. The van der Waals surface area contributed by atoms with Crippen molar-refractivity contribution in [3.05, 3.63) is 68.5 Å². The van der Waals surface area contributed by atoms with Crippen LogP contribution in [-0.4, -0.2) is 22.2 Å². The molecule has 3 rings (SSSR count). The summed E-state index contributed by atoms with van der Waals surface area (Å²) in [7, 11) is 1.68. The van der Waals surface area contributed by atoms with Gasteiger partial charge in [-0.25, -0.2) is 0 Å². The van der Waals surface area contributed by atoms with Gasteiger partial charge in [0.05, 0.1) is 4.91 Å². The zero-order valence-corrected chi connectivity index (χ0v) is 16.3. The standard InChI is InChI=1S/C18H13Cl2NO2S2/c1-21-17(22)16(25-18(21)24)8-11-2-6-14(7-3-11)23-10-12-4-5-13(19)9-15(12)20/h2-9H,10H2,1H3/b16-8-. The third-order valence-electron chi connectivity index (χ3n) is 3.57. The Morgan fingerprint density at radius 3 is 2.52 bits per heavy atom. The van der Waals surface area contributed by atoms with E-state index in [-0.39, 0.29) is 5.91 Å². The predicted molar refractivity (Wildman–Crippen MR) is 108 cm³/mol. The molecule has 0 N–H and O–H groups in total. The van der Waals surface area contributed by atoms with Gasteiger partial charge in [0.15, 0.2) is 0 Å². The van der Waals surface area contributed by atoms with E-state index in [1.165, 1.54) is 16.7 Å². The average Bonchev–Trinajstić information content (AvgIpc) is 2.82. The molecule has 0 bridgehead atoms. The monoisotopic (exact) mass is 409 g/mol. The third kappa shape index (κ3) is 4.36. The van der Waals surface area contributed by atoms with Crippen molar-refractivity contribution in [1.82, 2.24) is 4.90 Å². The molecule has 0 radical (unpaired) electrons. The summed E-state index contributed by atoms with van der Waals surface area (Å²) in [5, 5.41) is 1.17. The van der Waals surface area contributed by atoms with Crippen molar-refractivity contribution in [3.8, 4) is 5.75 Å². The highest BCUT2D eigenvalue weighted by Crippen LogP contribution is 2.31. The Labute approximate surface area is 165 Å². The smallest absolute Gasteiger partial charge is 0.265 e. The van der Waals surface area contributed by atoms with Crippen LogP contribution >= 0.6 is 47.2 Å². The molecule has 1 amide bonds. The molecule has 1 heterocycles. The number of halogens is 2. The molecule has 0 aliphatic carbocycles. The van der Waals surface area contributed by atoms with Gasteiger partial charge in [-0.2, -0.15) is 0 Å². The number of amides is 1. The molecule has 1 aliphatic rings. The molecule has 1 saturated heterocycles. The van der Waals surface area contributed by atoms with Gasteiger partial charge in [0, 0.05) is 22.7 Å². The quantitative estimate of drug-likeness (QED) is 0.499. The van der Waals surface area contributed by atoms with Crippen LogP contribution in [0.15, 0.2) is 47.4 Å². The first-order valence-corrected chi connectivity index (χ1v) is 9.30. The Bertz CT molecular complexity index is 866. The number of carbonyl (C=O) groups is 1. The van der Waals surface area contributed by atoms with E-state index in [2.05, 4.69) is 0 Å². The van der Waals surface area contributed by atoms with Crippen LogP contribution in [0, 0.1) is 0 Å². The van der Waals surface area contributed by atoms with E-state index >= 15 is 0 Å². The number of likely N-dealkylation sites (N-methyl/N-ethyl adjacent to an activating group) is 1. The molecule has 7 heteroatoms. The van der Waals surface area contributed by atoms with E-state index in [1.807, 2.05) is 36.4 Å². The van der Waals surface area contributed by atoms with Crippen molar-refractivity contribution in [3.63, 3.8) is 0 Å². The van der Waals surface area contributed by atoms with Gasteiger partial charge in [-0.15, -0.1) is 0 Å². The number of thiocarbonyl (C=S) groups is 1. The maximum Gasteiger partial charge on any atom is 0.265 e. The number of ether oxygens (including phenoxy) is 1. The van der Waals surface area contributed by atoms with Crippen LogP contribution in [0.2, 0.25) is 10.0 Å². The van der Waals surface area contributed by atoms with Crippen LogP contribution in [0.3, 0.4) is 0 Å². The van der Waals surface area contributed by atoms with E-state index < -0.39 is 0 Å². The molecule has 0 saturated carbocycles. The summed E-state index contributed by atoms with van der Waals surface area (Å²) in [6.07, 6.45) is 1.82. The van der Waals surface area contributed by atoms with Gasteiger partial charge in [-0.3, -0.25) is 9.69 Å². The van der Waals surface area contributed by atoms with Gasteiger partial charge >= 0.3 is 0 Å². The minimum Gasteiger partial charge on any atom is -0.489 e. The number of hydrogen-bond acceptors (Lipinski definition) is 4. The second kappa shape index (κ2) is 7.79. The second-order valence-corrected chi connectivity index (χ2v) is 7.85. The van der Waals surface area contributed by atoms with Gasteiger partial charge in [0.2, 0.25) is 0 Å². The van der Waals surface area contributed by atoms with Crippen molar-refractivity contribution >= 4 is 63.5 Å². The summed E-state index contributed by atoms with van der Waals surface area (Å²) in [6.45, 7) is 0.351. The van der Waals surface area contributed by atoms with Crippen molar-refractivity contribution in [2.24, 2.45) is 0 Å². The highest BCUT2D eigenvalue weighted by atomic mass is 35.5. The lowest BCUT2D eigenvalue weighted by molar-refractivity contribution is -0.121. The highest BCUT2D eigenvalue weighted by molar-refractivity contribution is 8.26. The predicted octanol–water partition coefficient (Wildman–Crippen LogP) is 5.40. The number of hydrogen-bond donors (Lipinski definition) is 0. The molecule has 1 aliphatic heterocycles. The largest absolute Gasteiger partial charge is 0.489 e. The van der Waals surface area contributed by atoms with Crippen LogP contribution in [-0.2, 0) is 11.4 Å². The van der Waals surface area contributed by atoms with E-state index in [4.69, 9.17) is 40.2 Å². The van der Waals surface area contributed by atoms with Crippen LogP contribution < -0.4 is 4.74 Å². The third-order valence-corrected chi connectivity index (χ3v) is 5.65. The van der Waals surface area contributed by atoms with E-state index in [0.29, 0.717) is 31.6 Å². The number of carbonyl (C=O) groups excluding carboxylic acids is 1. The van der Waals surface area contributed by atoms with Gasteiger partial charge in [0.25, 0.3) is 5.91 Å². The molecule has 128 valence electrons. The molecule has 0 unspecified atom stereocenters. The molecular formula is C18H13Cl2NO2S2. The Morgan fingerprint density at radius 2 is 1.92 bits per heavy atom. The number of nitrogens with zero attached hydrogens (tertiary/aromatic N) is 1. The fourth-order valence-corrected chi connectivity index (χ4v) is 3.80.